The predicted octanol–water partition coefficient (Wildman–Crippen LogP) is 3.02. The second kappa shape index (κ2) is 6.24. The number of aromatic nitrogens is 2. The van der Waals surface area contributed by atoms with Gasteiger partial charge in [-0.3, -0.25) is 0 Å². The molecular formula is C17H17N3O. The maximum atomic E-state index is 9.62. The van der Waals surface area contributed by atoms with E-state index in [9.17, 15) is 5.11 Å². The van der Waals surface area contributed by atoms with Gasteiger partial charge in [-0.05, 0) is 24.3 Å². The van der Waals surface area contributed by atoms with E-state index >= 15 is 0 Å². The van der Waals surface area contributed by atoms with Crippen molar-refractivity contribution < 1.29 is 5.11 Å². The van der Waals surface area contributed by atoms with Gasteiger partial charge in [0.25, 0.3) is 0 Å². The fraction of sp³-hybridized carbons (Fsp3) is 0.118. The largest absolute Gasteiger partial charge is 0.394 e. The molecule has 0 aliphatic heterocycles. The third-order valence-electron chi connectivity index (χ3n) is 3.32. The van der Waals surface area contributed by atoms with E-state index in [1.54, 1.807) is 6.20 Å². The summed E-state index contributed by atoms with van der Waals surface area (Å²) in [6.45, 7) is 0.00930. The summed E-state index contributed by atoms with van der Waals surface area (Å²) >= 11 is 0. The number of aliphatic hydroxyl groups excluding tert-OH is 1. The van der Waals surface area contributed by atoms with Crippen LogP contribution in [-0.2, 0) is 0 Å². The second-order valence-electron chi connectivity index (χ2n) is 4.80. The SMILES string of the molecule is OCC(Nc1ccccc1)c1cnn(-c2ccccc2)c1. The van der Waals surface area contributed by atoms with Gasteiger partial charge < -0.3 is 10.4 Å². The maximum absolute atomic E-state index is 9.62. The lowest BCUT2D eigenvalue weighted by Crippen LogP contribution is -2.14. The fourth-order valence-corrected chi connectivity index (χ4v) is 2.21. The van der Waals surface area contributed by atoms with Gasteiger partial charge in [-0.1, -0.05) is 36.4 Å². The third-order valence-corrected chi connectivity index (χ3v) is 3.32. The Balaban J connectivity index is 1.81. The summed E-state index contributed by atoms with van der Waals surface area (Å²) in [4.78, 5) is 0. The monoisotopic (exact) mass is 279 g/mol. The molecule has 4 nitrogen and oxygen atoms in total. The van der Waals surface area contributed by atoms with E-state index in [1.165, 1.54) is 0 Å². The van der Waals surface area contributed by atoms with Crippen molar-refractivity contribution in [1.82, 2.24) is 9.78 Å². The molecular weight excluding hydrogens is 262 g/mol. The zero-order chi connectivity index (χ0) is 14.5. The first-order chi connectivity index (χ1) is 10.4. The first-order valence-corrected chi connectivity index (χ1v) is 6.89. The molecule has 1 aromatic heterocycles. The van der Waals surface area contributed by atoms with Crippen LogP contribution in [0, 0.1) is 0 Å². The molecule has 0 bridgehead atoms. The zero-order valence-corrected chi connectivity index (χ0v) is 11.6. The molecule has 21 heavy (non-hydrogen) atoms. The summed E-state index contributed by atoms with van der Waals surface area (Å²) in [5.41, 5.74) is 2.93. The molecule has 0 aliphatic carbocycles. The molecule has 1 unspecified atom stereocenters. The number of nitrogens with zero attached hydrogens (tertiary/aromatic N) is 2. The van der Waals surface area contributed by atoms with Crippen LogP contribution < -0.4 is 5.32 Å². The van der Waals surface area contributed by atoms with Crippen LogP contribution in [0.1, 0.15) is 11.6 Å². The normalized spacial score (nSPS) is 12.0. The predicted molar refractivity (Wildman–Crippen MR) is 83.5 cm³/mol. The molecule has 1 atom stereocenters. The highest BCUT2D eigenvalue weighted by Gasteiger charge is 2.12. The Morgan fingerprint density at radius 3 is 2.33 bits per heavy atom. The number of rotatable bonds is 5. The highest BCUT2D eigenvalue weighted by molar-refractivity contribution is 5.45. The summed E-state index contributed by atoms with van der Waals surface area (Å²) in [5.74, 6) is 0. The third kappa shape index (κ3) is 3.12. The van der Waals surface area contributed by atoms with E-state index < -0.39 is 0 Å². The summed E-state index contributed by atoms with van der Waals surface area (Å²) in [7, 11) is 0. The van der Waals surface area contributed by atoms with Gasteiger partial charge in [-0.2, -0.15) is 5.10 Å². The van der Waals surface area contributed by atoms with Gasteiger partial charge in [0.05, 0.1) is 24.5 Å². The molecule has 4 heteroatoms. The standard InChI is InChI=1S/C17H17N3O/c21-13-17(19-15-7-3-1-4-8-15)14-11-18-20(12-14)16-9-5-2-6-10-16/h1-12,17,19,21H,13H2. The molecule has 0 radical (unpaired) electrons. The first-order valence-electron chi connectivity index (χ1n) is 6.89. The Kier molecular flexibility index (Phi) is 3.98. The fourth-order valence-electron chi connectivity index (χ4n) is 2.21. The van der Waals surface area contributed by atoms with E-state index in [4.69, 9.17) is 0 Å². The molecule has 0 saturated heterocycles. The van der Waals surface area contributed by atoms with E-state index in [0.29, 0.717) is 0 Å². The van der Waals surface area contributed by atoms with Crippen LogP contribution in [0.2, 0.25) is 0 Å². The van der Waals surface area contributed by atoms with Crippen LogP contribution in [0.3, 0.4) is 0 Å². The summed E-state index contributed by atoms with van der Waals surface area (Å²) in [6, 6.07) is 19.6. The molecule has 0 saturated carbocycles. The number of para-hydroxylation sites is 2. The van der Waals surface area contributed by atoms with Gasteiger partial charge in [-0.25, -0.2) is 4.68 Å². The van der Waals surface area contributed by atoms with Crippen molar-refractivity contribution in [3.05, 3.63) is 78.6 Å². The summed E-state index contributed by atoms with van der Waals surface area (Å²) < 4.78 is 1.81. The minimum Gasteiger partial charge on any atom is -0.394 e. The minimum atomic E-state index is -0.176. The van der Waals surface area contributed by atoms with E-state index in [0.717, 1.165) is 16.9 Å². The van der Waals surface area contributed by atoms with Crippen molar-refractivity contribution >= 4 is 5.69 Å². The summed E-state index contributed by atoms with van der Waals surface area (Å²) in [5, 5.41) is 17.3. The van der Waals surface area contributed by atoms with E-state index in [2.05, 4.69) is 10.4 Å². The van der Waals surface area contributed by atoms with Crippen LogP contribution in [0.25, 0.3) is 5.69 Å². The smallest absolute Gasteiger partial charge is 0.0775 e. The lowest BCUT2D eigenvalue weighted by Gasteiger charge is -2.15. The Bertz CT molecular complexity index is 680. The molecule has 2 N–H and O–H groups in total. The topological polar surface area (TPSA) is 50.1 Å². The van der Waals surface area contributed by atoms with Crippen molar-refractivity contribution in [3.8, 4) is 5.69 Å². The Hall–Kier alpha value is -2.59. The molecule has 0 aliphatic rings. The number of aliphatic hydroxyl groups is 1. The summed E-state index contributed by atoms with van der Waals surface area (Å²) in [6.07, 6.45) is 3.72. The Morgan fingerprint density at radius 1 is 1.00 bits per heavy atom. The van der Waals surface area contributed by atoms with Gasteiger partial charge >= 0.3 is 0 Å². The first kappa shape index (κ1) is 13.4. The van der Waals surface area contributed by atoms with Crippen molar-refractivity contribution in [1.29, 1.82) is 0 Å². The number of nitrogens with one attached hydrogen (secondary N) is 1. The minimum absolute atomic E-state index is 0.00930. The average molecular weight is 279 g/mol. The number of hydrogen-bond donors (Lipinski definition) is 2. The van der Waals surface area contributed by atoms with Gasteiger partial charge in [0, 0.05) is 17.4 Å². The lowest BCUT2D eigenvalue weighted by molar-refractivity contribution is 0.276. The molecule has 2 aromatic carbocycles. The highest BCUT2D eigenvalue weighted by Crippen LogP contribution is 2.19. The lowest BCUT2D eigenvalue weighted by atomic mass is 10.1. The quantitative estimate of drug-likeness (QED) is 0.755. The Labute approximate surface area is 123 Å². The van der Waals surface area contributed by atoms with Gasteiger partial charge in [-0.15, -0.1) is 0 Å². The van der Waals surface area contributed by atoms with Crippen molar-refractivity contribution in [2.75, 3.05) is 11.9 Å². The number of anilines is 1. The van der Waals surface area contributed by atoms with Gasteiger partial charge in [0.15, 0.2) is 0 Å². The van der Waals surface area contributed by atoms with Crippen molar-refractivity contribution in [2.45, 2.75) is 6.04 Å². The zero-order valence-electron chi connectivity index (χ0n) is 11.6. The van der Waals surface area contributed by atoms with Gasteiger partial charge in [0.2, 0.25) is 0 Å². The van der Waals surface area contributed by atoms with E-state index in [1.807, 2.05) is 71.5 Å². The van der Waals surface area contributed by atoms with Gasteiger partial charge in [0.1, 0.15) is 0 Å². The molecule has 0 fully saturated rings. The molecule has 0 spiro atoms. The highest BCUT2D eigenvalue weighted by atomic mass is 16.3. The molecule has 0 amide bonds. The molecule has 1 heterocycles. The van der Waals surface area contributed by atoms with Crippen LogP contribution in [0.4, 0.5) is 5.69 Å². The number of hydrogen-bond acceptors (Lipinski definition) is 3. The molecule has 3 rings (SSSR count). The average Bonchev–Trinajstić information content (AvgIpc) is 3.04. The van der Waals surface area contributed by atoms with E-state index in [-0.39, 0.29) is 12.6 Å². The van der Waals surface area contributed by atoms with Crippen LogP contribution >= 0.6 is 0 Å². The Morgan fingerprint density at radius 2 is 1.67 bits per heavy atom. The van der Waals surface area contributed by atoms with Crippen molar-refractivity contribution in [2.24, 2.45) is 0 Å². The van der Waals surface area contributed by atoms with Crippen molar-refractivity contribution in [3.63, 3.8) is 0 Å². The van der Waals surface area contributed by atoms with Crippen LogP contribution in [-0.4, -0.2) is 21.5 Å². The van der Waals surface area contributed by atoms with Crippen LogP contribution in [0.15, 0.2) is 73.1 Å². The molecule has 3 aromatic rings. The number of benzene rings is 2. The molecule has 106 valence electrons. The second-order valence-corrected chi connectivity index (χ2v) is 4.80. The van der Waals surface area contributed by atoms with Crippen LogP contribution in [0.5, 0.6) is 0 Å². The maximum Gasteiger partial charge on any atom is 0.0775 e.